The third-order valence-electron chi connectivity index (χ3n) is 3.03. The number of hydrogen-bond donors (Lipinski definition) is 1. The van der Waals surface area contributed by atoms with Crippen LogP contribution in [0.5, 0.6) is 0 Å². The molecule has 0 atom stereocenters. The van der Waals surface area contributed by atoms with Crippen LogP contribution in [0.4, 0.5) is 5.69 Å². The Morgan fingerprint density at radius 3 is 2.55 bits per heavy atom. The second-order valence-electron chi connectivity index (χ2n) is 5.25. The van der Waals surface area contributed by atoms with Crippen LogP contribution in [0.25, 0.3) is 0 Å². The van der Waals surface area contributed by atoms with Gasteiger partial charge in [0.1, 0.15) is 4.90 Å². The number of nitrogen functional groups attached to an aromatic ring is 1. The maximum absolute atomic E-state index is 12.7. The van der Waals surface area contributed by atoms with E-state index in [9.17, 15) is 8.42 Å². The lowest BCUT2D eigenvalue weighted by molar-refractivity contribution is 0.388. The van der Waals surface area contributed by atoms with Crippen molar-refractivity contribution in [3.05, 3.63) is 22.2 Å². The predicted molar refractivity (Wildman–Crippen MR) is 86.2 cm³/mol. The zero-order valence-corrected chi connectivity index (χ0v) is 14.3. The Balaban J connectivity index is 2.46. The summed E-state index contributed by atoms with van der Waals surface area (Å²) < 4.78 is 26.8. The molecule has 8 heteroatoms. The highest BCUT2D eigenvalue weighted by atomic mass is 35.5. The minimum Gasteiger partial charge on any atom is -0.398 e. The van der Waals surface area contributed by atoms with Crippen molar-refractivity contribution in [2.45, 2.75) is 23.5 Å². The molecule has 1 aromatic carbocycles. The number of halogens is 2. The molecule has 0 unspecified atom stereocenters. The van der Waals surface area contributed by atoms with Crippen LogP contribution >= 0.6 is 35.0 Å². The van der Waals surface area contributed by atoms with Crippen LogP contribution < -0.4 is 5.73 Å². The summed E-state index contributed by atoms with van der Waals surface area (Å²) in [4.78, 5) is -0.0498. The molecule has 0 bridgehead atoms. The third-order valence-corrected chi connectivity index (χ3v) is 6.91. The lowest BCUT2D eigenvalue weighted by Crippen LogP contribution is -2.46. The molecule has 1 aliphatic heterocycles. The quantitative estimate of drug-likeness (QED) is 0.828. The number of thioether (sulfide) groups is 1. The molecular weight excluding hydrogens is 339 g/mol. The molecule has 4 nitrogen and oxygen atoms in total. The first-order chi connectivity index (χ1) is 9.13. The van der Waals surface area contributed by atoms with Gasteiger partial charge in [0.15, 0.2) is 0 Å². The Kier molecular flexibility index (Phi) is 4.52. The first-order valence-corrected chi connectivity index (χ1v) is 9.20. The fourth-order valence-electron chi connectivity index (χ4n) is 2.16. The van der Waals surface area contributed by atoms with Gasteiger partial charge in [-0.1, -0.05) is 23.2 Å². The summed E-state index contributed by atoms with van der Waals surface area (Å²) in [5, 5.41) is 0.381. The highest BCUT2D eigenvalue weighted by Gasteiger charge is 2.36. The van der Waals surface area contributed by atoms with Crippen LogP contribution in [0.1, 0.15) is 13.8 Å². The molecule has 0 radical (unpaired) electrons. The first kappa shape index (κ1) is 16.2. The highest BCUT2D eigenvalue weighted by molar-refractivity contribution is 8.00. The van der Waals surface area contributed by atoms with E-state index >= 15 is 0 Å². The Bertz CT molecular complexity index is 609. The van der Waals surface area contributed by atoms with E-state index in [0.717, 1.165) is 5.75 Å². The van der Waals surface area contributed by atoms with E-state index in [1.165, 1.54) is 16.4 Å². The molecule has 2 N–H and O–H groups in total. The molecule has 112 valence electrons. The van der Waals surface area contributed by atoms with Crippen molar-refractivity contribution < 1.29 is 8.42 Å². The van der Waals surface area contributed by atoms with E-state index < -0.39 is 10.0 Å². The molecule has 1 aromatic rings. The van der Waals surface area contributed by atoms with E-state index in [1.54, 1.807) is 11.8 Å². The molecular formula is C12H16Cl2N2O2S2. The number of nitrogens with two attached hydrogens (primary N) is 1. The molecule has 2 rings (SSSR count). The monoisotopic (exact) mass is 354 g/mol. The van der Waals surface area contributed by atoms with Crippen LogP contribution in [0.15, 0.2) is 17.0 Å². The molecule has 0 saturated carbocycles. The van der Waals surface area contributed by atoms with Crippen LogP contribution in [0.3, 0.4) is 0 Å². The van der Waals surface area contributed by atoms with Crippen molar-refractivity contribution in [2.24, 2.45) is 0 Å². The van der Waals surface area contributed by atoms with Gasteiger partial charge in [-0.3, -0.25) is 0 Å². The summed E-state index contributed by atoms with van der Waals surface area (Å²) in [6, 6.07) is 2.81. The number of nitrogens with zero attached hydrogens (tertiary/aromatic N) is 1. The molecule has 1 aliphatic rings. The minimum atomic E-state index is -3.71. The van der Waals surface area contributed by atoms with Crippen molar-refractivity contribution in [3.63, 3.8) is 0 Å². The van der Waals surface area contributed by atoms with Crippen molar-refractivity contribution >= 4 is 50.7 Å². The maximum Gasteiger partial charge on any atom is 0.246 e. The van der Waals surface area contributed by atoms with Crippen molar-refractivity contribution in [1.82, 2.24) is 4.31 Å². The zero-order valence-electron chi connectivity index (χ0n) is 11.2. The summed E-state index contributed by atoms with van der Waals surface area (Å²) in [6.45, 7) is 4.92. The average Bonchev–Trinajstić information content (AvgIpc) is 2.25. The molecule has 1 fully saturated rings. The number of sulfonamides is 1. The normalized spacial score (nSPS) is 20.0. The summed E-state index contributed by atoms with van der Waals surface area (Å²) in [5.41, 5.74) is 5.88. The summed E-state index contributed by atoms with van der Waals surface area (Å²) >= 11 is 13.6. The fraction of sp³-hybridized carbons (Fsp3) is 0.500. The van der Waals surface area contributed by atoms with Gasteiger partial charge in [0, 0.05) is 28.6 Å². The largest absolute Gasteiger partial charge is 0.398 e. The van der Waals surface area contributed by atoms with E-state index in [4.69, 9.17) is 28.9 Å². The minimum absolute atomic E-state index is 0.0498. The molecule has 0 amide bonds. The molecule has 1 heterocycles. The van der Waals surface area contributed by atoms with Crippen molar-refractivity contribution in [2.75, 3.05) is 24.6 Å². The zero-order chi connectivity index (χ0) is 15.1. The second kappa shape index (κ2) is 5.57. The van der Waals surface area contributed by atoms with Gasteiger partial charge in [-0.25, -0.2) is 8.42 Å². The number of hydrogen-bond acceptors (Lipinski definition) is 4. The van der Waals surface area contributed by atoms with Gasteiger partial charge in [-0.05, 0) is 26.0 Å². The van der Waals surface area contributed by atoms with Crippen LogP contribution in [-0.2, 0) is 10.0 Å². The maximum atomic E-state index is 12.7. The van der Waals surface area contributed by atoms with E-state index in [1.807, 2.05) is 13.8 Å². The molecule has 1 saturated heterocycles. The van der Waals surface area contributed by atoms with Crippen LogP contribution in [-0.4, -0.2) is 36.3 Å². The predicted octanol–water partition coefficient (Wildman–Crippen LogP) is 3.09. The van der Waals surface area contributed by atoms with Crippen LogP contribution in [0, 0.1) is 0 Å². The van der Waals surface area contributed by atoms with Gasteiger partial charge in [0.05, 0.1) is 10.7 Å². The second-order valence-corrected chi connectivity index (χ2v) is 9.77. The molecule has 0 spiro atoms. The van der Waals surface area contributed by atoms with Gasteiger partial charge in [-0.2, -0.15) is 16.1 Å². The Morgan fingerprint density at radius 2 is 2.00 bits per heavy atom. The van der Waals surface area contributed by atoms with E-state index in [2.05, 4.69) is 0 Å². The Morgan fingerprint density at radius 1 is 1.35 bits per heavy atom. The lowest BCUT2D eigenvalue weighted by Gasteiger charge is -2.36. The lowest BCUT2D eigenvalue weighted by atomic mass is 10.2. The average molecular weight is 355 g/mol. The molecule has 0 aliphatic carbocycles. The SMILES string of the molecule is CC1(C)CN(S(=O)(=O)c2c(N)cc(Cl)cc2Cl)CCS1. The van der Waals surface area contributed by atoms with Gasteiger partial charge in [0.2, 0.25) is 10.0 Å². The summed E-state index contributed by atoms with van der Waals surface area (Å²) in [7, 11) is -3.71. The Hall–Kier alpha value is -0.140. The molecule has 0 aromatic heterocycles. The number of benzene rings is 1. The topological polar surface area (TPSA) is 63.4 Å². The third kappa shape index (κ3) is 3.20. The molecule has 20 heavy (non-hydrogen) atoms. The standard InChI is InChI=1S/C12H16Cl2N2O2S2/c1-12(2)7-16(3-4-19-12)20(17,18)11-9(14)5-8(13)6-10(11)15/h5-6H,3-4,7,15H2,1-2H3. The number of anilines is 1. The van der Waals surface area contributed by atoms with Crippen molar-refractivity contribution in [3.8, 4) is 0 Å². The van der Waals surface area contributed by atoms with Crippen molar-refractivity contribution in [1.29, 1.82) is 0 Å². The van der Waals surface area contributed by atoms with Crippen LogP contribution in [0.2, 0.25) is 10.0 Å². The smallest absolute Gasteiger partial charge is 0.246 e. The van der Waals surface area contributed by atoms with Gasteiger partial charge in [-0.15, -0.1) is 0 Å². The highest BCUT2D eigenvalue weighted by Crippen LogP contribution is 2.37. The van der Waals surface area contributed by atoms with Gasteiger partial charge < -0.3 is 5.73 Å². The van der Waals surface area contributed by atoms with Gasteiger partial charge in [0.25, 0.3) is 0 Å². The van der Waals surface area contributed by atoms with E-state index in [0.29, 0.717) is 18.1 Å². The van der Waals surface area contributed by atoms with Gasteiger partial charge >= 0.3 is 0 Å². The summed E-state index contributed by atoms with van der Waals surface area (Å²) in [5.74, 6) is 0.747. The Labute approximate surface area is 133 Å². The number of rotatable bonds is 2. The first-order valence-electron chi connectivity index (χ1n) is 6.02. The summed E-state index contributed by atoms with van der Waals surface area (Å²) in [6.07, 6.45) is 0. The fourth-order valence-corrected chi connectivity index (χ4v) is 6.01. The van der Waals surface area contributed by atoms with E-state index in [-0.39, 0.29) is 20.4 Å².